The minimum absolute atomic E-state index is 0.265. The Morgan fingerprint density at radius 3 is 2.21 bits per heavy atom. The van der Waals surface area contributed by atoms with Crippen LogP contribution in [-0.4, -0.2) is 29.4 Å². The van der Waals surface area contributed by atoms with Crippen LogP contribution in [0.2, 0.25) is 5.02 Å². The molecule has 0 aliphatic heterocycles. The van der Waals surface area contributed by atoms with Crippen molar-refractivity contribution in [2.75, 3.05) is 6.26 Å². The second-order valence-corrected chi connectivity index (χ2v) is 8.77. The third kappa shape index (κ3) is 3.69. The molecule has 2 aromatic carbocycles. The molecule has 140 valence electrons. The molecule has 0 bridgehead atoms. The molecule has 2 aromatic heterocycles. The normalized spacial score (nSPS) is 11.5. The van der Waals surface area contributed by atoms with E-state index in [1.807, 2.05) is 48.5 Å². The Balaban J connectivity index is 1.87. The predicted molar refractivity (Wildman–Crippen MR) is 110 cm³/mol. The van der Waals surface area contributed by atoms with Crippen LogP contribution >= 0.6 is 11.6 Å². The minimum atomic E-state index is -3.26. The molecule has 4 aromatic rings. The quantitative estimate of drug-likeness (QED) is 0.491. The summed E-state index contributed by atoms with van der Waals surface area (Å²) in [5, 5.41) is 5.36. The van der Waals surface area contributed by atoms with Gasteiger partial charge in [-0.3, -0.25) is 4.98 Å². The average molecular weight is 410 g/mol. The summed E-state index contributed by atoms with van der Waals surface area (Å²) in [7, 11) is -3.26. The molecule has 0 atom stereocenters. The third-order valence-corrected chi connectivity index (χ3v) is 5.67. The highest BCUT2D eigenvalue weighted by molar-refractivity contribution is 7.90. The Morgan fingerprint density at radius 1 is 0.893 bits per heavy atom. The lowest BCUT2D eigenvalue weighted by Crippen LogP contribution is -2.01. The summed E-state index contributed by atoms with van der Waals surface area (Å²) in [5.41, 5.74) is 4.01. The molecule has 0 N–H and O–H groups in total. The number of nitrogens with zero attached hydrogens (tertiary/aromatic N) is 3. The highest BCUT2D eigenvalue weighted by atomic mass is 35.5. The topological polar surface area (TPSA) is 64.8 Å². The van der Waals surface area contributed by atoms with Crippen LogP contribution < -0.4 is 0 Å². The first kappa shape index (κ1) is 18.4. The van der Waals surface area contributed by atoms with Crippen molar-refractivity contribution < 1.29 is 8.42 Å². The van der Waals surface area contributed by atoms with Gasteiger partial charge in [0.1, 0.15) is 5.69 Å². The zero-order valence-electron chi connectivity index (χ0n) is 14.9. The SMILES string of the molecule is CS(=O)(=O)c1ccc(-n2nc(-c3ccccn3)cc2-c2ccc(Cl)cc2)cc1. The number of hydrogen-bond acceptors (Lipinski definition) is 4. The van der Waals surface area contributed by atoms with Crippen LogP contribution in [0.5, 0.6) is 0 Å². The molecule has 0 spiro atoms. The van der Waals surface area contributed by atoms with Crippen molar-refractivity contribution in [3.63, 3.8) is 0 Å². The smallest absolute Gasteiger partial charge is 0.175 e. The lowest BCUT2D eigenvalue weighted by Gasteiger charge is -2.08. The number of hydrogen-bond donors (Lipinski definition) is 0. The standard InChI is InChI=1S/C21H16ClN3O2S/c1-28(26,27)18-11-9-17(10-12-18)25-21(15-5-7-16(22)8-6-15)14-20(24-25)19-4-2-3-13-23-19/h2-14H,1H3. The second kappa shape index (κ2) is 7.22. The molecule has 0 amide bonds. The number of halogens is 1. The Bertz CT molecular complexity index is 1220. The Kier molecular flexibility index (Phi) is 4.75. The maximum atomic E-state index is 11.7. The van der Waals surface area contributed by atoms with Gasteiger partial charge in [0.2, 0.25) is 0 Å². The molecular formula is C21H16ClN3O2S. The second-order valence-electron chi connectivity index (χ2n) is 6.31. The zero-order chi connectivity index (χ0) is 19.7. The molecule has 0 radical (unpaired) electrons. The third-order valence-electron chi connectivity index (χ3n) is 4.29. The Morgan fingerprint density at radius 2 is 1.61 bits per heavy atom. The van der Waals surface area contributed by atoms with Crippen molar-refractivity contribution in [1.29, 1.82) is 0 Å². The first-order valence-corrected chi connectivity index (χ1v) is 10.8. The van der Waals surface area contributed by atoms with Crippen molar-refractivity contribution in [1.82, 2.24) is 14.8 Å². The highest BCUT2D eigenvalue weighted by Gasteiger charge is 2.15. The van der Waals surface area contributed by atoms with Crippen molar-refractivity contribution in [2.45, 2.75) is 4.90 Å². The lowest BCUT2D eigenvalue weighted by atomic mass is 10.1. The van der Waals surface area contributed by atoms with Gasteiger partial charge in [-0.25, -0.2) is 13.1 Å². The summed E-state index contributed by atoms with van der Waals surface area (Å²) in [4.78, 5) is 4.64. The van der Waals surface area contributed by atoms with Crippen LogP contribution in [0.25, 0.3) is 28.3 Å². The van der Waals surface area contributed by atoms with Gasteiger partial charge in [0.05, 0.1) is 22.0 Å². The van der Waals surface area contributed by atoms with Crippen LogP contribution in [0.3, 0.4) is 0 Å². The number of rotatable bonds is 4. The fourth-order valence-electron chi connectivity index (χ4n) is 2.88. The van der Waals surface area contributed by atoms with E-state index in [0.717, 1.165) is 28.3 Å². The maximum Gasteiger partial charge on any atom is 0.175 e. The van der Waals surface area contributed by atoms with E-state index >= 15 is 0 Å². The van der Waals surface area contributed by atoms with E-state index in [0.29, 0.717) is 5.02 Å². The molecule has 0 fully saturated rings. The molecule has 0 aliphatic rings. The summed E-state index contributed by atoms with van der Waals surface area (Å²) in [6.45, 7) is 0. The van der Waals surface area contributed by atoms with E-state index in [-0.39, 0.29) is 4.90 Å². The van der Waals surface area contributed by atoms with Crippen LogP contribution in [0.1, 0.15) is 0 Å². The van der Waals surface area contributed by atoms with Crippen molar-refractivity contribution in [3.8, 4) is 28.3 Å². The van der Waals surface area contributed by atoms with Crippen LogP contribution in [0, 0.1) is 0 Å². The molecule has 0 aliphatic carbocycles. The summed E-state index contributed by atoms with van der Waals surface area (Å²) < 4.78 is 25.3. The first-order valence-electron chi connectivity index (χ1n) is 8.50. The fraction of sp³-hybridized carbons (Fsp3) is 0.0476. The predicted octanol–water partition coefficient (Wildman–Crippen LogP) is 4.66. The largest absolute Gasteiger partial charge is 0.255 e. The number of benzene rings is 2. The summed E-state index contributed by atoms with van der Waals surface area (Å²) in [5.74, 6) is 0. The van der Waals surface area contributed by atoms with Gasteiger partial charge in [0.25, 0.3) is 0 Å². The van der Waals surface area contributed by atoms with Crippen molar-refractivity contribution >= 4 is 21.4 Å². The highest BCUT2D eigenvalue weighted by Crippen LogP contribution is 2.29. The van der Waals surface area contributed by atoms with Crippen molar-refractivity contribution in [3.05, 3.63) is 84.0 Å². The van der Waals surface area contributed by atoms with E-state index in [1.54, 1.807) is 35.1 Å². The molecule has 4 rings (SSSR count). The van der Waals surface area contributed by atoms with Gasteiger partial charge in [-0.1, -0.05) is 29.8 Å². The van der Waals surface area contributed by atoms with E-state index < -0.39 is 9.84 Å². The van der Waals surface area contributed by atoms with Crippen LogP contribution in [-0.2, 0) is 9.84 Å². The van der Waals surface area contributed by atoms with Gasteiger partial charge in [-0.15, -0.1) is 0 Å². The van der Waals surface area contributed by atoms with E-state index in [1.165, 1.54) is 6.26 Å². The lowest BCUT2D eigenvalue weighted by molar-refractivity contribution is 0.602. The van der Waals surface area contributed by atoms with Gasteiger partial charge < -0.3 is 0 Å². The van der Waals surface area contributed by atoms with Gasteiger partial charge in [-0.05, 0) is 54.6 Å². The molecular weight excluding hydrogens is 394 g/mol. The van der Waals surface area contributed by atoms with Crippen LogP contribution in [0.4, 0.5) is 0 Å². The van der Waals surface area contributed by atoms with Crippen LogP contribution in [0.15, 0.2) is 83.9 Å². The molecule has 2 heterocycles. The monoisotopic (exact) mass is 409 g/mol. The van der Waals surface area contributed by atoms with E-state index in [9.17, 15) is 8.42 Å². The summed E-state index contributed by atoms with van der Waals surface area (Å²) >= 11 is 6.03. The fourth-order valence-corrected chi connectivity index (χ4v) is 3.63. The first-order chi connectivity index (χ1) is 13.4. The Labute approximate surface area is 168 Å². The van der Waals surface area contributed by atoms with Gasteiger partial charge in [-0.2, -0.15) is 5.10 Å². The maximum absolute atomic E-state index is 11.7. The van der Waals surface area contributed by atoms with E-state index in [2.05, 4.69) is 4.98 Å². The molecule has 28 heavy (non-hydrogen) atoms. The average Bonchev–Trinajstić information content (AvgIpc) is 3.14. The Hall–Kier alpha value is -2.96. The number of aromatic nitrogens is 3. The van der Waals surface area contributed by atoms with E-state index in [4.69, 9.17) is 16.7 Å². The number of sulfone groups is 1. The minimum Gasteiger partial charge on any atom is -0.255 e. The van der Waals surface area contributed by atoms with Gasteiger partial charge in [0, 0.05) is 23.0 Å². The summed E-state index contributed by atoms with van der Waals surface area (Å²) in [6, 6.07) is 21.7. The molecule has 0 saturated carbocycles. The molecule has 7 heteroatoms. The van der Waals surface area contributed by atoms with Gasteiger partial charge in [0.15, 0.2) is 9.84 Å². The molecule has 0 unspecified atom stereocenters. The zero-order valence-corrected chi connectivity index (χ0v) is 16.5. The van der Waals surface area contributed by atoms with Crippen molar-refractivity contribution in [2.24, 2.45) is 0 Å². The molecule has 0 saturated heterocycles. The molecule has 5 nitrogen and oxygen atoms in total. The number of pyridine rings is 1. The summed E-state index contributed by atoms with van der Waals surface area (Å²) in [6.07, 6.45) is 2.91. The van der Waals surface area contributed by atoms with Gasteiger partial charge >= 0.3 is 0 Å².